The minimum Gasteiger partial charge on any atom is -0.456 e. The third-order valence-corrected chi connectivity index (χ3v) is 5.58. The number of hydrogen-bond donors (Lipinski definition) is 0. The summed E-state index contributed by atoms with van der Waals surface area (Å²) in [6, 6.07) is 31.2. The molecule has 0 aliphatic heterocycles. The maximum atomic E-state index is 9.32. The van der Waals surface area contributed by atoms with Crippen molar-refractivity contribution >= 4 is 0 Å². The topological polar surface area (TPSA) is 153 Å². The SMILES string of the molecule is N#Cc1ccc(Oc2ccccc2-c2nnc(-c3ccccc3Oc3ccc(C#N)c(C#N)c3)o2)cc1C#N. The van der Waals surface area contributed by atoms with Gasteiger partial charge >= 0.3 is 0 Å². The van der Waals surface area contributed by atoms with E-state index in [0.29, 0.717) is 34.1 Å². The number of nitrogens with zero attached hydrogens (tertiary/aromatic N) is 6. The summed E-state index contributed by atoms with van der Waals surface area (Å²) in [6.45, 7) is 0. The van der Waals surface area contributed by atoms with Crippen LogP contribution >= 0.6 is 0 Å². The van der Waals surface area contributed by atoms with E-state index in [0.717, 1.165) is 0 Å². The molecule has 9 heteroatoms. The van der Waals surface area contributed by atoms with Crippen molar-refractivity contribution in [3.05, 3.63) is 107 Å². The monoisotopic (exact) mass is 506 g/mol. The predicted octanol–water partition coefficient (Wildman–Crippen LogP) is 6.47. The van der Waals surface area contributed by atoms with Crippen molar-refractivity contribution in [2.24, 2.45) is 0 Å². The summed E-state index contributed by atoms with van der Waals surface area (Å²) in [5.41, 5.74) is 1.95. The van der Waals surface area contributed by atoms with Crippen LogP contribution in [0.5, 0.6) is 23.0 Å². The third kappa shape index (κ3) is 4.97. The van der Waals surface area contributed by atoms with Crippen LogP contribution in [0.15, 0.2) is 89.3 Å². The van der Waals surface area contributed by atoms with Crippen LogP contribution in [0, 0.1) is 45.3 Å². The van der Waals surface area contributed by atoms with Crippen molar-refractivity contribution in [2.75, 3.05) is 0 Å². The van der Waals surface area contributed by atoms with E-state index in [9.17, 15) is 10.5 Å². The zero-order valence-corrected chi connectivity index (χ0v) is 20.0. The van der Waals surface area contributed by atoms with E-state index in [1.54, 1.807) is 60.7 Å². The summed E-state index contributed by atoms with van der Waals surface area (Å²) in [5.74, 6) is 1.94. The molecule has 0 fully saturated rings. The standard InChI is InChI=1S/C30H14N6O3/c31-15-19-9-11-23(13-21(19)17-33)37-27-7-3-1-5-25(27)29-35-36-30(39-29)26-6-2-4-8-28(26)38-24-12-10-20(16-32)22(14-24)18-34/h1-14H. The van der Waals surface area contributed by atoms with Crippen LogP contribution in [0.3, 0.4) is 0 Å². The lowest BCUT2D eigenvalue weighted by atomic mass is 10.1. The fourth-order valence-corrected chi connectivity index (χ4v) is 3.71. The molecule has 39 heavy (non-hydrogen) atoms. The Hall–Kier alpha value is -6.42. The van der Waals surface area contributed by atoms with Gasteiger partial charge in [-0.25, -0.2) is 0 Å². The third-order valence-electron chi connectivity index (χ3n) is 5.58. The molecular weight excluding hydrogens is 492 g/mol. The lowest BCUT2D eigenvalue weighted by molar-refractivity contribution is 0.477. The highest BCUT2D eigenvalue weighted by molar-refractivity contribution is 5.68. The molecule has 9 nitrogen and oxygen atoms in total. The van der Waals surface area contributed by atoms with Gasteiger partial charge in [0.25, 0.3) is 11.8 Å². The molecule has 0 saturated heterocycles. The number of para-hydroxylation sites is 2. The van der Waals surface area contributed by atoms with E-state index in [1.807, 2.05) is 24.3 Å². The van der Waals surface area contributed by atoms with E-state index in [1.165, 1.54) is 24.3 Å². The maximum Gasteiger partial charge on any atom is 0.251 e. The van der Waals surface area contributed by atoms with Crippen molar-refractivity contribution in [3.63, 3.8) is 0 Å². The highest BCUT2D eigenvalue weighted by Gasteiger charge is 2.18. The predicted molar refractivity (Wildman–Crippen MR) is 137 cm³/mol. The van der Waals surface area contributed by atoms with E-state index >= 15 is 0 Å². The van der Waals surface area contributed by atoms with Gasteiger partial charge < -0.3 is 13.9 Å². The first-order chi connectivity index (χ1) is 19.1. The van der Waals surface area contributed by atoms with Crippen LogP contribution < -0.4 is 9.47 Å². The number of benzene rings is 4. The normalized spacial score (nSPS) is 9.95. The van der Waals surface area contributed by atoms with Crippen LogP contribution in [0.1, 0.15) is 22.3 Å². The number of rotatable bonds is 6. The minimum absolute atomic E-state index is 0.190. The van der Waals surface area contributed by atoms with Crippen molar-refractivity contribution in [2.45, 2.75) is 0 Å². The fraction of sp³-hybridized carbons (Fsp3) is 0. The van der Waals surface area contributed by atoms with Gasteiger partial charge in [-0.15, -0.1) is 10.2 Å². The van der Waals surface area contributed by atoms with Gasteiger partial charge in [-0.2, -0.15) is 21.0 Å². The number of aromatic nitrogens is 2. The van der Waals surface area contributed by atoms with E-state index in [4.69, 9.17) is 24.4 Å². The Morgan fingerprint density at radius 3 is 1.33 bits per heavy atom. The number of nitriles is 4. The van der Waals surface area contributed by atoms with Crippen LogP contribution in [-0.4, -0.2) is 10.2 Å². The molecule has 0 aliphatic rings. The van der Waals surface area contributed by atoms with Gasteiger partial charge in [-0.05, 0) is 60.7 Å². The Kier molecular flexibility index (Phi) is 6.65. The van der Waals surface area contributed by atoms with Gasteiger partial charge in [0.2, 0.25) is 0 Å². The van der Waals surface area contributed by atoms with Crippen molar-refractivity contribution in [1.29, 1.82) is 21.0 Å². The lowest BCUT2D eigenvalue weighted by Crippen LogP contribution is -1.91. The molecule has 182 valence electrons. The Morgan fingerprint density at radius 1 is 0.513 bits per heavy atom. The molecule has 0 radical (unpaired) electrons. The summed E-state index contributed by atoms with van der Waals surface area (Å²) in [6.07, 6.45) is 0. The van der Waals surface area contributed by atoms with E-state index in [-0.39, 0.29) is 34.0 Å². The molecule has 5 rings (SSSR count). The molecular formula is C30H14N6O3. The summed E-state index contributed by atoms with van der Waals surface area (Å²) in [4.78, 5) is 0. The Labute approximate surface area is 222 Å². The highest BCUT2D eigenvalue weighted by Crippen LogP contribution is 2.37. The Bertz CT molecular complexity index is 1750. The first-order valence-electron chi connectivity index (χ1n) is 11.4. The second-order valence-corrected chi connectivity index (χ2v) is 7.97. The molecule has 0 aliphatic carbocycles. The molecule has 1 heterocycles. The largest absolute Gasteiger partial charge is 0.456 e. The average molecular weight is 506 g/mol. The van der Waals surface area contributed by atoms with E-state index < -0.39 is 0 Å². The van der Waals surface area contributed by atoms with Crippen molar-refractivity contribution in [3.8, 4) is 70.2 Å². The maximum absolute atomic E-state index is 9.32. The molecule has 0 spiro atoms. The molecule has 1 aromatic heterocycles. The first-order valence-corrected chi connectivity index (χ1v) is 11.4. The summed E-state index contributed by atoms with van der Waals surface area (Å²) < 4.78 is 18.0. The second-order valence-electron chi connectivity index (χ2n) is 7.97. The fourth-order valence-electron chi connectivity index (χ4n) is 3.71. The van der Waals surface area contributed by atoms with Gasteiger partial charge in [0.1, 0.15) is 47.3 Å². The van der Waals surface area contributed by atoms with Crippen LogP contribution in [0.4, 0.5) is 0 Å². The van der Waals surface area contributed by atoms with Crippen LogP contribution in [0.25, 0.3) is 22.9 Å². The zero-order valence-electron chi connectivity index (χ0n) is 20.0. The average Bonchev–Trinajstić information content (AvgIpc) is 3.47. The molecule has 0 unspecified atom stereocenters. The van der Waals surface area contributed by atoms with Gasteiger partial charge in [0.15, 0.2) is 0 Å². The first kappa shape index (κ1) is 24.3. The van der Waals surface area contributed by atoms with Gasteiger partial charge in [-0.3, -0.25) is 0 Å². The lowest BCUT2D eigenvalue weighted by Gasteiger charge is -2.10. The molecule has 0 saturated carbocycles. The minimum atomic E-state index is 0.190. The van der Waals surface area contributed by atoms with Gasteiger partial charge in [0.05, 0.1) is 33.4 Å². The molecule has 4 aromatic carbocycles. The van der Waals surface area contributed by atoms with Crippen LogP contribution in [-0.2, 0) is 0 Å². The van der Waals surface area contributed by atoms with Crippen LogP contribution in [0.2, 0.25) is 0 Å². The van der Waals surface area contributed by atoms with Crippen molar-refractivity contribution < 1.29 is 13.9 Å². The molecule has 0 bridgehead atoms. The van der Waals surface area contributed by atoms with Crippen molar-refractivity contribution in [1.82, 2.24) is 10.2 Å². The Balaban J connectivity index is 1.46. The smallest absolute Gasteiger partial charge is 0.251 e. The van der Waals surface area contributed by atoms with Gasteiger partial charge in [0, 0.05) is 0 Å². The summed E-state index contributed by atoms with van der Waals surface area (Å²) >= 11 is 0. The highest BCUT2D eigenvalue weighted by atomic mass is 16.5. The zero-order chi connectivity index (χ0) is 27.2. The number of hydrogen-bond acceptors (Lipinski definition) is 9. The quantitative estimate of drug-likeness (QED) is 0.252. The van der Waals surface area contributed by atoms with E-state index in [2.05, 4.69) is 10.2 Å². The van der Waals surface area contributed by atoms with Gasteiger partial charge in [-0.1, -0.05) is 24.3 Å². The molecule has 0 atom stereocenters. The summed E-state index contributed by atoms with van der Waals surface area (Å²) in [7, 11) is 0. The second kappa shape index (κ2) is 10.7. The Morgan fingerprint density at radius 2 is 0.923 bits per heavy atom. The molecule has 0 N–H and O–H groups in total. The number of ether oxygens (including phenoxy) is 2. The summed E-state index contributed by atoms with van der Waals surface area (Å²) in [5, 5.41) is 45.4. The molecule has 0 amide bonds. The molecule has 5 aromatic rings.